The molecular formula is C74H130O6. The van der Waals surface area contributed by atoms with Gasteiger partial charge in [0.25, 0.3) is 0 Å². The number of hydrogen-bond acceptors (Lipinski definition) is 6. The fourth-order valence-electron chi connectivity index (χ4n) is 9.93. The molecule has 6 nitrogen and oxygen atoms in total. The second-order valence-corrected chi connectivity index (χ2v) is 23.1. The molecule has 0 fully saturated rings. The van der Waals surface area contributed by atoms with Gasteiger partial charge in [0.1, 0.15) is 13.2 Å². The summed E-state index contributed by atoms with van der Waals surface area (Å²) in [4.78, 5) is 38.4. The van der Waals surface area contributed by atoms with Gasteiger partial charge in [0.2, 0.25) is 0 Å². The quantitative estimate of drug-likeness (QED) is 0.0261. The molecule has 80 heavy (non-hydrogen) atoms. The minimum absolute atomic E-state index is 0.0778. The highest BCUT2D eigenvalue weighted by Crippen LogP contribution is 2.17. The standard InChI is InChI=1S/C74H130O6/c1-4-7-10-13-16-19-22-25-27-29-31-33-34-35-36-37-38-39-40-42-43-45-47-49-52-55-58-61-64-67-73(76)79-70-71(69-78-72(75)66-63-60-57-54-51-24-21-18-15-12-9-6-3)80-74(77)68-65-62-59-56-53-50-48-46-44-41-32-30-28-26-23-20-17-14-11-8-5-2/h7,10,16,18-19,21,23,25-27,30-33,71H,4-6,8-9,11-15,17,20,22,24,28-29,34-70H2,1-3H3/b10-7-,19-16-,21-18-,26-23-,27-25-,32-30-,33-31-. The number of esters is 3. The molecule has 0 N–H and O–H groups in total. The van der Waals surface area contributed by atoms with Crippen molar-refractivity contribution in [3.63, 3.8) is 0 Å². The Morgan fingerprint density at radius 2 is 0.487 bits per heavy atom. The van der Waals surface area contributed by atoms with Crippen molar-refractivity contribution in [2.24, 2.45) is 0 Å². The van der Waals surface area contributed by atoms with E-state index < -0.39 is 6.10 Å². The van der Waals surface area contributed by atoms with Crippen LogP contribution in [0.4, 0.5) is 0 Å². The summed E-state index contributed by atoms with van der Waals surface area (Å²) in [6, 6.07) is 0. The van der Waals surface area contributed by atoms with Crippen LogP contribution in [-0.4, -0.2) is 37.2 Å². The largest absolute Gasteiger partial charge is 0.462 e. The second kappa shape index (κ2) is 68.1. The van der Waals surface area contributed by atoms with E-state index in [1.807, 2.05) is 0 Å². The number of unbranched alkanes of at least 4 members (excludes halogenated alkanes) is 38. The fraction of sp³-hybridized carbons (Fsp3) is 0.770. The maximum absolute atomic E-state index is 12.9. The van der Waals surface area contributed by atoms with Crippen molar-refractivity contribution in [2.45, 2.75) is 354 Å². The van der Waals surface area contributed by atoms with Crippen LogP contribution in [0.5, 0.6) is 0 Å². The van der Waals surface area contributed by atoms with E-state index in [4.69, 9.17) is 14.2 Å². The van der Waals surface area contributed by atoms with Gasteiger partial charge in [-0.2, -0.15) is 0 Å². The lowest BCUT2D eigenvalue weighted by Crippen LogP contribution is -2.30. The van der Waals surface area contributed by atoms with Gasteiger partial charge in [0, 0.05) is 19.3 Å². The summed E-state index contributed by atoms with van der Waals surface area (Å²) >= 11 is 0. The maximum atomic E-state index is 12.9. The maximum Gasteiger partial charge on any atom is 0.306 e. The first-order valence-corrected chi connectivity index (χ1v) is 34.6. The average Bonchev–Trinajstić information content (AvgIpc) is 3.46. The van der Waals surface area contributed by atoms with Gasteiger partial charge in [-0.25, -0.2) is 0 Å². The third-order valence-corrected chi connectivity index (χ3v) is 15.1. The molecule has 0 aromatic heterocycles. The minimum atomic E-state index is -0.782. The first-order chi connectivity index (χ1) is 39.5. The van der Waals surface area contributed by atoms with Crippen LogP contribution in [0.3, 0.4) is 0 Å². The molecule has 0 aromatic carbocycles. The molecule has 0 aromatic rings. The molecule has 0 bridgehead atoms. The van der Waals surface area contributed by atoms with E-state index in [1.54, 1.807) is 0 Å². The second-order valence-electron chi connectivity index (χ2n) is 23.1. The lowest BCUT2D eigenvalue weighted by molar-refractivity contribution is -0.167. The van der Waals surface area contributed by atoms with Crippen LogP contribution < -0.4 is 0 Å². The number of ether oxygens (including phenoxy) is 3. The predicted molar refractivity (Wildman–Crippen MR) is 348 cm³/mol. The van der Waals surface area contributed by atoms with E-state index in [-0.39, 0.29) is 31.1 Å². The van der Waals surface area contributed by atoms with Crippen LogP contribution >= 0.6 is 0 Å². The Labute approximate surface area is 496 Å². The van der Waals surface area contributed by atoms with Gasteiger partial charge in [-0.3, -0.25) is 14.4 Å². The molecule has 0 spiro atoms. The van der Waals surface area contributed by atoms with Crippen molar-refractivity contribution < 1.29 is 28.6 Å². The Kier molecular flexibility index (Phi) is 65.2. The van der Waals surface area contributed by atoms with Crippen molar-refractivity contribution in [1.29, 1.82) is 0 Å². The SMILES string of the molecule is CC/C=C\C/C=C\C/C=C\C/C=C\CCCCCCCCCCCCCCCCCCC(=O)OCC(COC(=O)CCCCCCC/C=C\CCCCC)OC(=O)CCCCCCCCCCC/C=C\C/C=C\CCCCCCC. The molecule has 0 aliphatic heterocycles. The monoisotopic (exact) mass is 1110 g/mol. The molecule has 0 heterocycles. The molecule has 0 radical (unpaired) electrons. The van der Waals surface area contributed by atoms with Crippen LogP contribution in [0.1, 0.15) is 348 Å². The number of carbonyl (C=O) groups is 3. The van der Waals surface area contributed by atoms with E-state index in [9.17, 15) is 14.4 Å². The summed E-state index contributed by atoms with van der Waals surface area (Å²) in [5, 5.41) is 0. The summed E-state index contributed by atoms with van der Waals surface area (Å²) < 4.78 is 17.0. The fourth-order valence-corrected chi connectivity index (χ4v) is 9.93. The number of hydrogen-bond donors (Lipinski definition) is 0. The van der Waals surface area contributed by atoms with Crippen LogP contribution in [0.2, 0.25) is 0 Å². The van der Waals surface area contributed by atoms with Gasteiger partial charge in [0.05, 0.1) is 0 Å². The zero-order valence-corrected chi connectivity index (χ0v) is 53.1. The molecule has 0 rings (SSSR count). The Hall–Kier alpha value is -3.41. The Balaban J connectivity index is 4.22. The van der Waals surface area contributed by atoms with Crippen LogP contribution in [-0.2, 0) is 28.6 Å². The summed E-state index contributed by atoms with van der Waals surface area (Å²) in [6.07, 6.45) is 90.4. The topological polar surface area (TPSA) is 78.9 Å². The predicted octanol–water partition coefficient (Wildman–Crippen LogP) is 23.8. The van der Waals surface area contributed by atoms with Crippen molar-refractivity contribution in [2.75, 3.05) is 13.2 Å². The van der Waals surface area contributed by atoms with E-state index in [1.165, 1.54) is 212 Å². The Morgan fingerprint density at radius 3 is 0.800 bits per heavy atom. The third-order valence-electron chi connectivity index (χ3n) is 15.1. The van der Waals surface area contributed by atoms with Gasteiger partial charge < -0.3 is 14.2 Å². The molecule has 0 aliphatic rings. The highest BCUT2D eigenvalue weighted by Gasteiger charge is 2.19. The van der Waals surface area contributed by atoms with E-state index >= 15 is 0 Å². The zero-order valence-electron chi connectivity index (χ0n) is 53.1. The molecule has 0 saturated carbocycles. The molecular weight excluding hydrogens is 985 g/mol. The summed E-state index contributed by atoms with van der Waals surface area (Å²) in [6.45, 7) is 6.52. The molecule has 0 aliphatic carbocycles. The third kappa shape index (κ3) is 65.4. The highest BCUT2D eigenvalue weighted by molar-refractivity contribution is 5.71. The Morgan fingerprint density at radius 1 is 0.263 bits per heavy atom. The number of carbonyl (C=O) groups excluding carboxylic acids is 3. The van der Waals surface area contributed by atoms with Crippen molar-refractivity contribution in [3.05, 3.63) is 85.1 Å². The Bertz CT molecular complexity index is 1520. The molecule has 462 valence electrons. The van der Waals surface area contributed by atoms with Crippen molar-refractivity contribution in [1.82, 2.24) is 0 Å². The zero-order chi connectivity index (χ0) is 57.8. The van der Waals surface area contributed by atoms with Gasteiger partial charge in [0.15, 0.2) is 6.10 Å². The lowest BCUT2D eigenvalue weighted by Gasteiger charge is -2.18. The van der Waals surface area contributed by atoms with Gasteiger partial charge in [-0.05, 0) is 116 Å². The van der Waals surface area contributed by atoms with Gasteiger partial charge in [-0.15, -0.1) is 0 Å². The highest BCUT2D eigenvalue weighted by atomic mass is 16.6. The number of rotatable bonds is 63. The smallest absolute Gasteiger partial charge is 0.306 e. The summed E-state index contributed by atoms with van der Waals surface area (Å²) in [5.41, 5.74) is 0. The number of allylic oxidation sites excluding steroid dienone is 14. The van der Waals surface area contributed by atoms with E-state index in [2.05, 4.69) is 106 Å². The summed E-state index contributed by atoms with van der Waals surface area (Å²) in [7, 11) is 0. The first kappa shape index (κ1) is 76.6. The first-order valence-electron chi connectivity index (χ1n) is 34.6. The van der Waals surface area contributed by atoms with Gasteiger partial charge >= 0.3 is 17.9 Å². The summed E-state index contributed by atoms with van der Waals surface area (Å²) in [5.74, 6) is -0.875. The van der Waals surface area contributed by atoms with Crippen LogP contribution in [0, 0.1) is 0 Å². The molecule has 1 atom stereocenters. The molecule has 0 amide bonds. The molecule has 1 unspecified atom stereocenters. The van der Waals surface area contributed by atoms with Crippen molar-refractivity contribution >= 4 is 17.9 Å². The minimum Gasteiger partial charge on any atom is -0.462 e. The lowest BCUT2D eigenvalue weighted by atomic mass is 10.0. The van der Waals surface area contributed by atoms with Crippen molar-refractivity contribution in [3.8, 4) is 0 Å². The van der Waals surface area contributed by atoms with E-state index in [0.717, 1.165) is 96.3 Å². The normalized spacial score (nSPS) is 12.6. The average molecular weight is 1120 g/mol. The molecule has 6 heteroatoms. The molecule has 0 saturated heterocycles. The van der Waals surface area contributed by atoms with E-state index in [0.29, 0.717) is 19.3 Å². The van der Waals surface area contributed by atoms with Gasteiger partial charge in [-0.1, -0.05) is 298 Å². The van der Waals surface area contributed by atoms with Crippen LogP contribution in [0.15, 0.2) is 85.1 Å². The van der Waals surface area contributed by atoms with Crippen LogP contribution in [0.25, 0.3) is 0 Å².